The Morgan fingerprint density at radius 3 is 2.81 bits per heavy atom. The van der Waals surface area contributed by atoms with E-state index in [9.17, 15) is 9.59 Å². The van der Waals surface area contributed by atoms with Crippen LogP contribution in [0.25, 0.3) is 0 Å². The zero-order chi connectivity index (χ0) is 18.4. The van der Waals surface area contributed by atoms with Gasteiger partial charge in [-0.2, -0.15) is 4.98 Å². The highest BCUT2D eigenvalue weighted by molar-refractivity contribution is 5.83. The van der Waals surface area contributed by atoms with Crippen LogP contribution in [0.2, 0.25) is 0 Å². The summed E-state index contributed by atoms with van der Waals surface area (Å²) in [6.45, 7) is 5.55. The number of piperidine rings is 2. The minimum absolute atomic E-state index is 0.00836. The van der Waals surface area contributed by atoms with Crippen LogP contribution in [0.15, 0.2) is 6.07 Å². The fraction of sp³-hybridized carbons (Fsp3) is 0.667. The van der Waals surface area contributed by atoms with Crippen molar-refractivity contribution in [2.75, 3.05) is 42.9 Å². The molecule has 3 N–H and O–H groups in total. The van der Waals surface area contributed by atoms with Gasteiger partial charge in [0.15, 0.2) is 0 Å². The Kier molecular flexibility index (Phi) is 6.25. The van der Waals surface area contributed by atoms with Gasteiger partial charge in [0.05, 0.1) is 5.92 Å². The lowest BCUT2D eigenvalue weighted by Gasteiger charge is -2.28. The Morgan fingerprint density at radius 1 is 1.27 bits per heavy atom. The SMILES string of the molecule is Cc1cc(N2CCCCC2)nc(NCCNC(=O)C2CCC(=O)NC2)n1. The summed E-state index contributed by atoms with van der Waals surface area (Å²) in [4.78, 5) is 34.6. The fourth-order valence-corrected chi connectivity index (χ4v) is 3.38. The molecule has 1 aromatic rings. The molecule has 3 rings (SSSR count). The molecule has 1 unspecified atom stereocenters. The molecule has 0 aliphatic carbocycles. The van der Waals surface area contributed by atoms with Gasteiger partial charge in [0, 0.05) is 50.9 Å². The summed E-state index contributed by atoms with van der Waals surface area (Å²) in [6, 6.07) is 2.02. The minimum atomic E-state index is -0.131. The molecule has 8 nitrogen and oxygen atoms in total. The number of hydrogen-bond donors (Lipinski definition) is 3. The highest BCUT2D eigenvalue weighted by atomic mass is 16.2. The maximum absolute atomic E-state index is 12.1. The first kappa shape index (κ1) is 18.4. The lowest BCUT2D eigenvalue weighted by molar-refractivity contribution is -0.128. The van der Waals surface area contributed by atoms with Crippen molar-refractivity contribution in [2.45, 2.75) is 39.0 Å². The normalized spacial score (nSPS) is 20.4. The van der Waals surface area contributed by atoms with E-state index >= 15 is 0 Å². The maximum Gasteiger partial charge on any atom is 0.224 e. The van der Waals surface area contributed by atoms with Crippen molar-refractivity contribution in [1.82, 2.24) is 20.6 Å². The molecular formula is C18H28N6O2. The maximum atomic E-state index is 12.1. The van der Waals surface area contributed by atoms with Crippen LogP contribution in [0, 0.1) is 12.8 Å². The predicted molar refractivity (Wildman–Crippen MR) is 100 cm³/mol. The molecule has 0 saturated carbocycles. The van der Waals surface area contributed by atoms with E-state index in [0.29, 0.717) is 38.4 Å². The number of hydrogen-bond acceptors (Lipinski definition) is 6. The van der Waals surface area contributed by atoms with Gasteiger partial charge in [-0.15, -0.1) is 0 Å². The van der Waals surface area contributed by atoms with Gasteiger partial charge in [-0.3, -0.25) is 9.59 Å². The number of nitrogens with zero attached hydrogens (tertiary/aromatic N) is 3. The minimum Gasteiger partial charge on any atom is -0.356 e. The van der Waals surface area contributed by atoms with Gasteiger partial charge >= 0.3 is 0 Å². The molecule has 8 heteroatoms. The second kappa shape index (κ2) is 8.82. The smallest absolute Gasteiger partial charge is 0.224 e. The number of aromatic nitrogens is 2. The van der Waals surface area contributed by atoms with Crippen LogP contribution >= 0.6 is 0 Å². The van der Waals surface area contributed by atoms with E-state index in [0.717, 1.165) is 24.6 Å². The molecule has 3 heterocycles. The first-order chi connectivity index (χ1) is 12.6. The average Bonchev–Trinajstić information content (AvgIpc) is 2.66. The van der Waals surface area contributed by atoms with E-state index in [1.807, 2.05) is 13.0 Å². The summed E-state index contributed by atoms with van der Waals surface area (Å²) in [5.41, 5.74) is 0.935. The number of amides is 2. The average molecular weight is 360 g/mol. The molecule has 0 bridgehead atoms. The molecule has 2 aliphatic heterocycles. The van der Waals surface area contributed by atoms with E-state index in [1.54, 1.807) is 0 Å². The zero-order valence-electron chi connectivity index (χ0n) is 15.4. The van der Waals surface area contributed by atoms with Crippen molar-refractivity contribution in [1.29, 1.82) is 0 Å². The van der Waals surface area contributed by atoms with Gasteiger partial charge < -0.3 is 20.9 Å². The Bertz CT molecular complexity index is 635. The highest BCUT2D eigenvalue weighted by Gasteiger charge is 2.23. The predicted octanol–water partition coefficient (Wildman–Crippen LogP) is 0.830. The summed E-state index contributed by atoms with van der Waals surface area (Å²) in [5, 5.41) is 8.84. The van der Waals surface area contributed by atoms with Gasteiger partial charge in [-0.25, -0.2) is 4.98 Å². The molecule has 142 valence electrons. The third-order valence-corrected chi connectivity index (χ3v) is 4.86. The van der Waals surface area contributed by atoms with Crippen LogP contribution in [-0.2, 0) is 9.59 Å². The van der Waals surface area contributed by atoms with Gasteiger partial charge in [0.1, 0.15) is 5.82 Å². The molecule has 2 saturated heterocycles. The standard InChI is InChI=1S/C18H28N6O2/c1-13-11-15(24-9-3-2-4-10-24)23-18(22-13)20-8-7-19-17(26)14-5-6-16(25)21-12-14/h11,14H,2-10,12H2,1H3,(H,19,26)(H,21,25)(H,20,22,23). The van der Waals surface area contributed by atoms with Crippen LogP contribution in [0.5, 0.6) is 0 Å². The first-order valence-corrected chi connectivity index (χ1v) is 9.51. The van der Waals surface area contributed by atoms with Crippen LogP contribution in [0.1, 0.15) is 37.8 Å². The number of nitrogens with one attached hydrogen (secondary N) is 3. The lowest BCUT2D eigenvalue weighted by atomic mass is 9.98. The molecule has 2 aliphatic rings. The van der Waals surface area contributed by atoms with Crippen molar-refractivity contribution in [2.24, 2.45) is 5.92 Å². The number of carbonyl (C=O) groups is 2. The van der Waals surface area contributed by atoms with Crippen molar-refractivity contribution >= 4 is 23.6 Å². The van der Waals surface area contributed by atoms with Crippen molar-refractivity contribution < 1.29 is 9.59 Å². The van der Waals surface area contributed by atoms with E-state index in [2.05, 4.69) is 30.8 Å². The number of carbonyl (C=O) groups excluding carboxylic acids is 2. The van der Waals surface area contributed by atoms with E-state index < -0.39 is 0 Å². The molecule has 2 fully saturated rings. The summed E-state index contributed by atoms with van der Waals surface area (Å²) in [5.74, 6) is 1.46. The Morgan fingerprint density at radius 2 is 2.08 bits per heavy atom. The second-order valence-electron chi connectivity index (χ2n) is 7.00. The molecular weight excluding hydrogens is 332 g/mol. The Balaban J connectivity index is 1.45. The number of rotatable bonds is 6. The number of anilines is 2. The Hall–Kier alpha value is -2.38. The molecule has 0 aromatic carbocycles. The van der Waals surface area contributed by atoms with Crippen molar-refractivity contribution in [3.05, 3.63) is 11.8 Å². The van der Waals surface area contributed by atoms with Gasteiger partial charge in [0.25, 0.3) is 0 Å². The van der Waals surface area contributed by atoms with E-state index in [1.165, 1.54) is 19.3 Å². The molecule has 26 heavy (non-hydrogen) atoms. The second-order valence-corrected chi connectivity index (χ2v) is 7.00. The third kappa shape index (κ3) is 5.06. The third-order valence-electron chi connectivity index (χ3n) is 4.86. The summed E-state index contributed by atoms with van der Waals surface area (Å²) in [6.07, 6.45) is 4.74. The summed E-state index contributed by atoms with van der Waals surface area (Å²) < 4.78 is 0. The van der Waals surface area contributed by atoms with Crippen LogP contribution in [0.3, 0.4) is 0 Å². The largest absolute Gasteiger partial charge is 0.356 e. The van der Waals surface area contributed by atoms with Gasteiger partial charge in [-0.1, -0.05) is 0 Å². The topological polar surface area (TPSA) is 99.3 Å². The van der Waals surface area contributed by atoms with Crippen molar-refractivity contribution in [3.8, 4) is 0 Å². The van der Waals surface area contributed by atoms with Gasteiger partial charge in [0.2, 0.25) is 17.8 Å². The lowest BCUT2D eigenvalue weighted by Crippen LogP contribution is -2.43. The zero-order valence-corrected chi connectivity index (χ0v) is 15.4. The molecule has 0 spiro atoms. The first-order valence-electron chi connectivity index (χ1n) is 9.51. The number of aryl methyl sites for hydroxylation is 1. The van der Waals surface area contributed by atoms with Crippen molar-refractivity contribution in [3.63, 3.8) is 0 Å². The molecule has 0 radical (unpaired) electrons. The fourth-order valence-electron chi connectivity index (χ4n) is 3.38. The van der Waals surface area contributed by atoms with E-state index in [-0.39, 0.29) is 17.7 Å². The van der Waals surface area contributed by atoms with Crippen LogP contribution in [-0.4, -0.2) is 54.5 Å². The van der Waals surface area contributed by atoms with Crippen LogP contribution in [0.4, 0.5) is 11.8 Å². The molecule has 2 amide bonds. The highest BCUT2D eigenvalue weighted by Crippen LogP contribution is 2.19. The summed E-state index contributed by atoms with van der Waals surface area (Å²) in [7, 11) is 0. The summed E-state index contributed by atoms with van der Waals surface area (Å²) >= 11 is 0. The van der Waals surface area contributed by atoms with Crippen LogP contribution < -0.4 is 20.9 Å². The monoisotopic (exact) mass is 360 g/mol. The molecule has 1 aromatic heterocycles. The van der Waals surface area contributed by atoms with E-state index in [4.69, 9.17) is 0 Å². The molecule has 1 atom stereocenters. The Labute approximate surface area is 154 Å². The van der Waals surface area contributed by atoms with Gasteiger partial charge in [-0.05, 0) is 32.6 Å². The quantitative estimate of drug-likeness (QED) is 0.650.